The van der Waals surface area contributed by atoms with Crippen molar-refractivity contribution in [3.8, 4) is 11.1 Å². The molecule has 3 aromatic heterocycles. The molecule has 0 unspecified atom stereocenters. The molecule has 0 aliphatic heterocycles. The molecule has 0 aliphatic carbocycles. The van der Waals surface area contributed by atoms with Gasteiger partial charge in [-0.3, -0.25) is 9.50 Å². The molecule has 0 radical (unpaired) electrons. The second-order valence-electron chi connectivity index (χ2n) is 4.97. The summed E-state index contributed by atoms with van der Waals surface area (Å²) in [6.07, 6.45) is 0. The topological polar surface area (TPSA) is 46.0 Å². The van der Waals surface area contributed by atoms with E-state index < -0.39 is 0 Å². The van der Waals surface area contributed by atoms with E-state index in [0.29, 0.717) is 4.77 Å². The van der Waals surface area contributed by atoms with Crippen LogP contribution in [-0.4, -0.2) is 19.6 Å². The van der Waals surface area contributed by atoms with Crippen molar-refractivity contribution < 1.29 is 0 Å². The molecule has 0 saturated carbocycles. The SMILES string of the molecule is Cc1cc(-c2ccccc2)c2ccc3n[nH]c(=S)n3c2n1. The number of hydrogen-bond acceptors (Lipinski definition) is 3. The highest BCUT2D eigenvalue weighted by Crippen LogP contribution is 2.28. The normalized spacial score (nSPS) is 11.3. The third-order valence-electron chi connectivity index (χ3n) is 3.56. The average molecular weight is 292 g/mol. The van der Waals surface area contributed by atoms with E-state index in [1.165, 1.54) is 5.56 Å². The van der Waals surface area contributed by atoms with E-state index >= 15 is 0 Å². The number of aryl methyl sites for hydroxylation is 1. The Morgan fingerprint density at radius 2 is 1.90 bits per heavy atom. The zero-order valence-corrected chi connectivity index (χ0v) is 12.2. The maximum atomic E-state index is 5.32. The minimum atomic E-state index is 0.563. The fraction of sp³-hybridized carbons (Fsp3) is 0.0625. The van der Waals surface area contributed by atoms with Crippen LogP contribution in [0.1, 0.15) is 5.69 Å². The van der Waals surface area contributed by atoms with Gasteiger partial charge in [-0.25, -0.2) is 4.98 Å². The molecule has 1 aromatic carbocycles. The van der Waals surface area contributed by atoms with E-state index in [1.807, 2.05) is 35.6 Å². The number of H-pyrrole nitrogens is 1. The molecule has 4 aromatic rings. The van der Waals surface area contributed by atoms with Crippen LogP contribution < -0.4 is 0 Å². The van der Waals surface area contributed by atoms with Crippen LogP contribution in [0.2, 0.25) is 0 Å². The van der Waals surface area contributed by atoms with Gasteiger partial charge in [-0.1, -0.05) is 30.3 Å². The van der Waals surface area contributed by atoms with Gasteiger partial charge in [-0.15, -0.1) is 0 Å². The number of rotatable bonds is 1. The third-order valence-corrected chi connectivity index (χ3v) is 3.83. The van der Waals surface area contributed by atoms with Gasteiger partial charge in [0.1, 0.15) is 5.65 Å². The van der Waals surface area contributed by atoms with Crippen LogP contribution in [0, 0.1) is 11.7 Å². The molecule has 102 valence electrons. The minimum Gasteiger partial charge on any atom is -0.251 e. The molecule has 0 saturated heterocycles. The van der Waals surface area contributed by atoms with Crippen LogP contribution in [0.3, 0.4) is 0 Å². The molecule has 4 nitrogen and oxygen atoms in total. The van der Waals surface area contributed by atoms with Crippen LogP contribution in [0.25, 0.3) is 27.8 Å². The number of nitrogens with one attached hydrogen (secondary N) is 1. The summed E-state index contributed by atoms with van der Waals surface area (Å²) >= 11 is 5.32. The van der Waals surface area contributed by atoms with Crippen molar-refractivity contribution in [2.24, 2.45) is 0 Å². The number of nitrogens with zero attached hydrogens (tertiary/aromatic N) is 3. The summed E-state index contributed by atoms with van der Waals surface area (Å²) in [6.45, 7) is 1.99. The Balaban J connectivity index is 2.20. The Hall–Kier alpha value is -2.53. The highest BCUT2D eigenvalue weighted by atomic mass is 32.1. The molecular weight excluding hydrogens is 280 g/mol. The molecule has 4 rings (SSSR count). The number of aromatic amines is 1. The van der Waals surface area contributed by atoms with Gasteiger partial charge in [0.15, 0.2) is 5.65 Å². The molecule has 0 atom stereocenters. The average Bonchev–Trinajstić information content (AvgIpc) is 2.89. The van der Waals surface area contributed by atoms with Crippen molar-refractivity contribution in [2.45, 2.75) is 6.92 Å². The molecule has 0 fully saturated rings. The Morgan fingerprint density at radius 3 is 2.71 bits per heavy atom. The molecule has 0 spiro atoms. The zero-order valence-electron chi connectivity index (χ0n) is 11.4. The first-order chi connectivity index (χ1) is 10.2. The lowest BCUT2D eigenvalue weighted by atomic mass is 10.0. The van der Waals surface area contributed by atoms with Crippen molar-refractivity contribution in [2.75, 3.05) is 0 Å². The van der Waals surface area contributed by atoms with Crippen molar-refractivity contribution in [1.82, 2.24) is 19.6 Å². The van der Waals surface area contributed by atoms with Crippen LogP contribution in [0.4, 0.5) is 0 Å². The smallest absolute Gasteiger partial charge is 0.201 e. The van der Waals surface area contributed by atoms with E-state index in [1.54, 1.807) is 0 Å². The van der Waals surface area contributed by atoms with E-state index in [-0.39, 0.29) is 0 Å². The highest BCUT2D eigenvalue weighted by Gasteiger charge is 2.10. The molecule has 21 heavy (non-hydrogen) atoms. The molecule has 3 heterocycles. The lowest BCUT2D eigenvalue weighted by Crippen LogP contribution is -1.96. The maximum Gasteiger partial charge on any atom is 0.201 e. The number of fused-ring (bicyclic) bond motifs is 3. The fourth-order valence-electron chi connectivity index (χ4n) is 2.64. The summed E-state index contributed by atoms with van der Waals surface area (Å²) in [4.78, 5) is 4.66. The molecule has 1 N–H and O–H groups in total. The summed E-state index contributed by atoms with van der Waals surface area (Å²) in [5.74, 6) is 0. The summed E-state index contributed by atoms with van der Waals surface area (Å²) < 4.78 is 2.44. The van der Waals surface area contributed by atoms with Crippen LogP contribution in [-0.2, 0) is 0 Å². The Morgan fingerprint density at radius 1 is 1.10 bits per heavy atom. The van der Waals surface area contributed by atoms with Crippen LogP contribution >= 0.6 is 12.2 Å². The number of aromatic nitrogens is 4. The second kappa shape index (κ2) is 4.49. The van der Waals surface area contributed by atoms with Crippen molar-refractivity contribution in [3.63, 3.8) is 0 Å². The maximum absolute atomic E-state index is 5.32. The molecular formula is C16H12N4S. The third kappa shape index (κ3) is 1.86. The van der Waals surface area contributed by atoms with E-state index in [0.717, 1.165) is 27.9 Å². The van der Waals surface area contributed by atoms with E-state index in [2.05, 4.69) is 39.4 Å². The molecule has 0 amide bonds. The number of hydrogen-bond donors (Lipinski definition) is 1. The van der Waals surface area contributed by atoms with Gasteiger partial charge in [-0.2, -0.15) is 5.10 Å². The second-order valence-corrected chi connectivity index (χ2v) is 5.36. The summed E-state index contributed by atoms with van der Waals surface area (Å²) in [6, 6.07) is 16.4. The minimum absolute atomic E-state index is 0.563. The Labute approximate surface area is 126 Å². The van der Waals surface area contributed by atoms with E-state index in [4.69, 9.17) is 12.2 Å². The van der Waals surface area contributed by atoms with Gasteiger partial charge in [0.25, 0.3) is 0 Å². The van der Waals surface area contributed by atoms with Crippen molar-refractivity contribution in [3.05, 3.63) is 59.0 Å². The van der Waals surface area contributed by atoms with Crippen LogP contribution in [0.15, 0.2) is 48.5 Å². The standard InChI is InChI=1S/C16H12N4S/c1-10-9-13(11-5-3-2-4-6-11)12-7-8-14-18-19-16(21)20(14)15(12)17-10/h2-9H,1H3,(H,19,21). The molecule has 5 heteroatoms. The lowest BCUT2D eigenvalue weighted by molar-refractivity contribution is 1.07. The monoisotopic (exact) mass is 292 g/mol. The van der Waals surface area contributed by atoms with Crippen LogP contribution in [0.5, 0.6) is 0 Å². The van der Waals surface area contributed by atoms with Gasteiger partial charge in [0.2, 0.25) is 4.77 Å². The zero-order chi connectivity index (χ0) is 14.4. The van der Waals surface area contributed by atoms with Crippen molar-refractivity contribution in [1.29, 1.82) is 0 Å². The number of pyridine rings is 2. The molecule has 0 aliphatic rings. The molecule has 0 bridgehead atoms. The van der Waals surface area contributed by atoms with Gasteiger partial charge in [-0.05, 0) is 48.5 Å². The summed E-state index contributed by atoms with van der Waals surface area (Å²) in [5.41, 5.74) is 4.90. The van der Waals surface area contributed by atoms with Gasteiger partial charge >= 0.3 is 0 Å². The van der Waals surface area contributed by atoms with Gasteiger partial charge in [0, 0.05) is 11.1 Å². The number of benzene rings is 1. The summed E-state index contributed by atoms with van der Waals surface area (Å²) in [7, 11) is 0. The highest BCUT2D eigenvalue weighted by molar-refractivity contribution is 7.71. The van der Waals surface area contributed by atoms with Gasteiger partial charge < -0.3 is 0 Å². The predicted molar refractivity (Wildman–Crippen MR) is 85.9 cm³/mol. The first-order valence-corrected chi connectivity index (χ1v) is 7.08. The first kappa shape index (κ1) is 12.2. The quantitative estimate of drug-likeness (QED) is 0.541. The Kier molecular flexibility index (Phi) is 2.62. The van der Waals surface area contributed by atoms with Gasteiger partial charge in [0.05, 0.1) is 0 Å². The summed E-state index contributed by atoms with van der Waals surface area (Å²) in [5, 5.41) is 8.10. The fourth-order valence-corrected chi connectivity index (χ4v) is 2.87. The largest absolute Gasteiger partial charge is 0.251 e. The predicted octanol–water partition coefficient (Wildman–Crippen LogP) is 3.92. The lowest BCUT2D eigenvalue weighted by Gasteiger charge is -2.09. The van der Waals surface area contributed by atoms with E-state index in [9.17, 15) is 0 Å². The first-order valence-electron chi connectivity index (χ1n) is 6.67. The van der Waals surface area contributed by atoms with Crippen molar-refractivity contribution >= 4 is 28.9 Å². The Bertz CT molecular complexity index is 1010.